The number of esters is 1. The third-order valence-corrected chi connectivity index (χ3v) is 4.32. The van der Waals surface area contributed by atoms with Crippen LogP contribution in [0.2, 0.25) is 0 Å². The predicted octanol–water partition coefficient (Wildman–Crippen LogP) is 4.02. The molecule has 0 aliphatic carbocycles. The molecule has 1 N–H and O–H groups in total. The Labute approximate surface area is 157 Å². The van der Waals surface area contributed by atoms with E-state index in [0.717, 1.165) is 21.9 Å². The van der Waals surface area contributed by atoms with Crippen molar-refractivity contribution in [1.29, 1.82) is 0 Å². The van der Waals surface area contributed by atoms with E-state index in [-0.39, 0.29) is 19.1 Å². The lowest BCUT2D eigenvalue weighted by molar-refractivity contribution is -0.149. The van der Waals surface area contributed by atoms with Gasteiger partial charge in [0, 0.05) is 5.69 Å². The Morgan fingerprint density at radius 2 is 1.67 bits per heavy atom. The fourth-order valence-electron chi connectivity index (χ4n) is 2.66. The number of ether oxygens (including phenoxy) is 2. The number of hydrogen-bond acceptors (Lipinski definition) is 4. The number of rotatable bonds is 6. The summed E-state index contributed by atoms with van der Waals surface area (Å²) in [5.41, 5.74) is 2.77. The molecule has 0 aliphatic rings. The Hall–Kier alpha value is -3.34. The predicted molar refractivity (Wildman–Crippen MR) is 105 cm³/mol. The van der Waals surface area contributed by atoms with E-state index in [4.69, 9.17) is 9.47 Å². The van der Waals surface area contributed by atoms with Crippen LogP contribution in [0.5, 0.6) is 5.75 Å². The Bertz CT molecular complexity index is 981. The van der Waals surface area contributed by atoms with Crippen molar-refractivity contribution in [1.82, 2.24) is 0 Å². The summed E-state index contributed by atoms with van der Waals surface area (Å²) in [4.78, 5) is 23.8. The molecule has 0 bridgehead atoms. The second-order valence-corrected chi connectivity index (χ2v) is 6.25. The minimum atomic E-state index is -0.598. The van der Waals surface area contributed by atoms with Gasteiger partial charge in [-0.3, -0.25) is 4.79 Å². The van der Waals surface area contributed by atoms with Crippen molar-refractivity contribution in [3.63, 3.8) is 0 Å². The van der Waals surface area contributed by atoms with Gasteiger partial charge in [-0.15, -0.1) is 0 Å². The van der Waals surface area contributed by atoms with Crippen LogP contribution in [0.25, 0.3) is 10.8 Å². The molecule has 5 heteroatoms. The number of fused-ring (bicyclic) bond motifs is 1. The highest BCUT2D eigenvalue weighted by Gasteiger charge is 2.10. The normalized spacial score (nSPS) is 10.4. The van der Waals surface area contributed by atoms with Crippen molar-refractivity contribution in [2.45, 2.75) is 13.8 Å². The van der Waals surface area contributed by atoms with Gasteiger partial charge in [0.1, 0.15) is 5.75 Å². The van der Waals surface area contributed by atoms with Gasteiger partial charge in [-0.1, -0.05) is 42.5 Å². The Morgan fingerprint density at radius 1 is 0.889 bits per heavy atom. The number of anilines is 1. The average Bonchev–Trinajstić information content (AvgIpc) is 2.68. The average molecular weight is 363 g/mol. The van der Waals surface area contributed by atoms with Gasteiger partial charge in [-0.2, -0.15) is 0 Å². The summed E-state index contributed by atoms with van der Waals surface area (Å²) in [6.45, 7) is 3.28. The Morgan fingerprint density at radius 3 is 2.48 bits per heavy atom. The smallest absolute Gasteiger partial charge is 0.344 e. The van der Waals surface area contributed by atoms with Crippen molar-refractivity contribution in [3.05, 3.63) is 71.8 Å². The lowest BCUT2D eigenvalue weighted by Crippen LogP contribution is -2.24. The zero-order valence-corrected chi connectivity index (χ0v) is 15.3. The molecule has 0 unspecified atom stereocenters. The molecule has 3 aromatic carbocycles. The monoisotopic (exact) mass is 363 g/mol. The van der Waals surface area contributed by atoms with Crippen LogP contribution >= 0.6 is 0 Å². The summed E-state index contributed by atoms with van der Waals surface area (Å²) in [6.07, 6.45) is 0. The van der Waals surface area contributed by atoms with Crippen LogP contribution < -0.4 is 10.1 Å². The first-order chi connectivity index (χ1) is 13.0. The topological polar surface area (TPSA) is 64.6 Å². The van der Waals surface area contributed by atoms with Gasteiger partial charge in [0.2, 0.25) is 0 Å². The van der Waals surface area contributed by atoms with Crippen LogP contribution in [-0.4, -0.2) is 25.1 Å². The number of aryl methyl sites for hydroxylation is 1. The summed E-state index contributed by atoms with van der Waals surface area (Å²) in [5.74, 6) is -0.410. The number of hydrogen-bond donors (Lipinski definition) is 1. The van der Waals surface area contributed by atoms with Crippen LogP contribution in [0.4, 0.5) is 5.69 Å². The first-order valence-electron chi connectivity index (χ1n) is 8.66. The van der Waals surface area contributed by atoms with E-state index < -0.39 is 5.97 Å². The van der Waals surface area contributed by atoms with Crippen LogP contribution in [0.1, 0.15) is 11.1 Å². The molecule has 3 aromatic rings. The van der Waals surface area contributed by atoms with Crippen LogP contribution in [0.3, 0.4) is 0 Å². The molecule has 0 spiro atoms. The molecule has 0 saturated carbocycles. The van der Waals surface area contributed by atoms with Gasteiger partial charge >= 0.3 is 5.97 Å². The molecule has 138 valence electrons. The molecular weight excluding hydrogens is 342 g/mol. The maximum atomic E-state index is 12.0. The molecule has 0 aromatic heterocycles. The van der Waals surface area contributed by atoms with E-state index >= 15 is 0 Å². The molecular formula is C22H21NO4. The van der Waals surface area contributed by atoms with E-state index in [1.807, 2.05) is 68.4 Å². The molecule has 1 amide bonds. The third-order valence-electron chi connectivity index (χ3n) is 4.32. The zero-order valence-electron chi connectivity index (χ0n) is 15.3. The molecule has 0 saturated heterocycles. The molecule has 3 rings (SSSR count). The number of carbonyl (C=O) groups is 2. The third kappa shape index (κ3) is 4.85. The van der Waals surface area contributed by atoms with Gasteiger partial charge in [0.15, 0.2) is 13.2 Å². The molecule has 27 heavy (non-hydrogen) atoms. The summed E-state index contributed by atoms with van der Waals surface area (Å²) >= 11 is 0. The maximum absolute atomic E-state index is 12.0. The Kier molecular flexibility index (Phi) is 5.71. The van der Waals surface area contributed by atoms with E-state index in [0.29, 0.717) is 11.4 Å². The van der Waals surface area contributed by atoms with E-state index in [2.05, 4.69) is 5.32 Å². The quantitative estimate of drug-likeness (QED) is 0.672. The van der Waals surface area contributed by atoms with Gasteiger partial charge in [-0.05, 0) is 53.9 Å². The number of benzene rings is 3. The summed E-state index contributed by atoms with van der Waals surface area (Å²) < 4.78 is 10.4. The van der Waals surface area contributed by atoms with Gasteiger partial charge in [0.05, 0.1) is 0 Å². The lowest BCUT2D eigenvalue weighted by atomic mass is 10.1. The van der Waals surface area contributed by atoms with Crippen LogP contribution in [-0.2, 0) is 14.3 Å². The van der Waals surface area contributed by atoms with Crippen LogP contribution in [0, 0.1) is 13.8 Å². The Balaban J connectivity index is 1.47. The zero-order chi connectivity index (χ0) is 19.2. The highest BCUT2D eigenvalue weighted by Crippen LogP contribution is 2.20. The number of nitrogens with one attached hydrogen (secondary N) is 1. The molecule has 0 heterocycles. The summed E-state index contributed by atoms with van der Waals surface area (Å²) in [5, 5.41) is 4.86. The number of carbonyl (C=O) groups excluding carboxylic acids is 2. The van der Waals surface area contributed by atoms with Gasteiger partial charge < -0.3 is 14.8 Å². The highest BCUT2D eigenvalue weighted by molar-refractivity contribution is 5.93. The minimum Gasteiger partial charge on any atom is -0.482 e. The summed E-state index contributed by atoms with van der Waals surface area (Å²) in [6, 6.07) is 19.1. The van der Waals surface area contributed by atoms with Crippen molar-refractivity contribution < 1.29 is 19.1 Å². The lowest BCUT2D eigenvalue weighted by Gasteiger charge is -2.11. The van der Waals surface area contributed by atoms with Crippen LogP contribution in [0.15, 0.2) is 60.7 Å². The molecule has 0 aliphatic heterocycles. The first kappa shape index (κ1) is 18.5. The fraction of sp³-hybridized carbons (Fsp3) is 0.182. The van der Waals surface area contributed by atoms with E-state index in [9.17, 15) is 9.59 Å². The van der Waals surface area contributed by atoms with Gasteiger partial charge in [-0.25, -0.2) is 4.79 Å². The SMILES string of the molecule is Cc1cccc(NC(=O)COC(=O)COc2ccc3ccccc3c2)c1C. The van der Waals surface area contributed by atoms with Crippen molar-refractivity contribution in [2.75, 3.05) is 18.5 Å². The maximum Gasteiger partial charge on any atom is 0.344 e. The number of amides is 1. The van der Waals surface area contributed by atoms with E-state index in [1.165, 1.54) is 0 Å². The first-order valence-corrected chi connectivity index (χ1v) is 8.66. The van der Waals surface area contributed by atoms with Crippen molar-refractivity contribution in [2.24, 2.45) is 0 Å². The second-order valence-electron chi connectivity index (χ2n) is 6.25. The van der Waals surface area contributed by atoms with E-state index in [1.54, 1.807) is 6.07 Å². The second kappa shape index (κ2) is 8.36. The minimum absolute atomic E-state index is 0.255. The van der Waals surface area contributed by atoms with Crippen molar-refractivity contribution in [3.8, 4) is 5.75 Å². The molecule has 0 atom stereocenters. The molecule has 5 nitrogen and oxygen atoms in total. The molecule has 0 radical (unpaired) electrons. The summed E-state index contributed by atoms with van der Waals surface area (Å²) in [7, 11) is 0. The largest absolute Gasteiger partial charge is 0.482 e. The van der Waals surface area contributed by atoms with Crippen molar-refractivity contribution >= 4 is 28.3 Å². The highest BCUT2D eigenvalue weighted by atomic mass is 16.6. The standard InChI is InChI=1S/C22H21NO4/c1-15-6-5-9-20(16(15)2)23-21(24)13-27-22(25)14-26-19-11-10-17-7-3-4-8-18(17)12-19/h3-12H,13-14H2,1-2H3,(H,23,24). The van der Waals surface area contributed by atoms with Gasteiger partial charge in [0.25, 0.3) is 5.91 Å². The fourth-order valence-corrected chi connectivity index (χ4v) is 2.66. The molecule has 0 fully saturated rings.